The number of anilines is 1. The molecule has 180 valence electrons. The van der Waals surface area contributed by atoms with Crippen LogP contribution in [0.1, 0.15) is 11.1 Å². The Hall–Kier alpha value is -3.18. The molecule has 9 nitrogen and oxygen atoms in total. The summed E-state index contributed by atoms with van der Waals surface area (Å²) in [6.07, 6.45) is -8.04. The Morgan fingerprint density at radius 1 is 1.09 bits per heavy atom. The summed E-state index contributed by atoms with van der Waals surface area (Å²) in [5.41, 5.74) is -1.06. The zero-order chi connectivity index (χ0) is 24.5. The van der Waals surface area contributed by atoms with E-state index in [0.29, 0.717) is 0 Å². The van der Waals surface area contributed by atoms with Gasteiger partial charge in [-0.2, -0.15) is 18.4 Å². The first kappa shape index (κ1) is 24.0. The number of hydrogen-bond acceptors (Lipinski definition) is 7. The van der Waals surface area contributed by atoms with Crippen LogP contribution in [0.3, 0.4) is 0 Å². The summed E-state index contributed by atoms with van der Waals surface area (Å²) in [4.78, 5) is 12.0. The number of halogens is 3. The lowest BCUT2D eigenvalue weighted by molar-refractivity contribution is -0.137. The van der Waals surface area contributed by atoms with Crippen LogP contribution in [0.2, 0.25) is 0 Å². The lowest BCUT2D eigenvalue weighted by Gasteiger charge is -2.18. The number of carbonyl (C=O) groups excluding carboxylic acids is 1. The number of alkyl halides is 3. The summed E-state index contributed by atoms with van der Waals surface area (Å²) in [5, 5.41) is 11.4. The maximum atomic E-state index is 12.8. The van der Waals surface area contributed by atoms with Gasteiger partial charge >= 0.3 is 12.3 Å². The predicted octanol–water partition coefficient (Wildman–Crippen LogP) is 2.64. The van der Waals surface area contributed by atoms with Gasteiger partial charge in [-0.15, -0.1) is 0 Å². The molecule has 2 fully saturated rings. The van der Waals surface area contributed by atoms with Crippen LogP contribution in [0.4, 0.5) is 23.7 Å². The molecule has 0 aromatic heterocycles. The first-order valence-corrected chi connectivity index (χ1v) is 11.5. The number of ether oxygens (including phenoxy) is 3. The Morgan fingerprint density at radius 3 is 2.56 bits per heavy atom. The number of amides is 1. The smallest absolute Gasteiger partial charge is 0.416 e. The van der Waals surface area contributed by atoms with Crippen LogP contribution in [0.25, 0.3) is 0 Å². The fourth-order valence-electron chi connectivity index (χ4n) is 3.78. The molecule has 4 rings (SSSR count). The van der Waals surface area contributed by atoms with Gasteiger partial charge < -0.3 is 14.2 Å². The predicted molar refractivity (Wildman–Crippen MR) is 110 cm³/mol. The minimum atomic E-state index is -4.57. The van der Waals surface area contributed by atoms with Crippen LogP contribution in [0, 0.1) is 11.3 Å². The van der Waals surface area contributed by atoms with Crippen LogP contribution < -0.4 is 10.0 Å². The Bertz CT molecular complexity index is 1230. The van der Waals surface area contributed by atoms with Gasteiger partial charge in [0, 0.05) is 5.69 Å². The lowest BCUT2D eigenvalue weighted by atomic mass is 10.1. The van der Waals surface area contributed by atoms with E-state index < -0.39 is 52.2 Å². The number of fused-ring (bicyclic) bond motifs is 1. The number of nitriles is 1. The second-order valence-electron chi connectivity index (χ2n) is 7.58. The molecule has 0 bridgehead atoms. The van der Waals surface area contributed by atoms with E-state index in [1.165, 1.54) is 24.3 Å². The van der Waals surface area contributed by atoms with E-state index in [1.807, 2.05) is 6.07 Å². The van der Waals surface area contributed by atoms with Crippen LogP contribution in [-0.2, 0) is 30.4 Å². The van der Waals surface area contributed by atoms with Crippen molar-refractivity contribution in [3.05, 3.63) is 59.7 Å². The molecule has 4 atom stereocenters. The summed E-state index contributed by atoms with van der Waals surface area (Å²) in [7, 11) is -4.07. The van der Waals surface area contributed by atoms with Crippen molar-refractivity contribution in [3.8, 4) is 6.07 Å². The number of rotatable bonds is 5. The maximum Gasteiger partial charge on any atom is 0.416 e. The highest BCUT2D eigenvalue weighted by atomic mass is 32.2. The average molecular weight is 497 g/mol. The standard InChI is InChI=1S/C21H18F3N3O6S/c22-21(23,24)13-5-3-6-14(8-13)26-20(28)33-16-11-32-18-15(10-31-19(16)18)27-34(29,30)17-7-2-1-4-12(17)9-25/h1-8,15-16,18-19,27H,10-11H2,(H,26,28)/t15-,16+,18+,19+/m0/s1. The SMILES string of the molecule is N#Cc1ccccc1S(=O)(=O)N[C@H]1CO[C@H]2[C@@H]1OC[C@H]2OC(=O)Nc1cccc(C(F)(F)F)c1. The number of sulfonamides is 1. The monoisotopic (exact) mass is 497 g/mol. The van der Waals surface area contributed by atoms with Gasteiger partial charge in [-0.1, -0.05) is 18.2 Å². The zero-order valence-electron chi connectivity index (χ0n) is 17.3. The van der Waals surface area contributed by atoms with Crippen molar-refractivity contribution in [2.24, 2.45) is 0 Å². The number of benzene rings is 2. The van der Waals surface area contributed by atoms with E-state index in [4.69, 9.17) is 14.2 Å². The highest BCUT2D eigenvalue weighted by Gasteiger charge is 2.50. The third kappa shape index (κ3) is 5.00. The van der Waals surface area contributed by atoms with Gasteiger partial charge in [0.15, 0.2) is 6.10 Å². The zero-order valence-corrected chi connectivity index (χ0v) is 18.1. The minimum absolute atomic E-state index is 0.0229. The quantitative estimate of drug-likeness (QED) is 0.650. The molecule has 2 aliphatic heterocycles. The summed E-state index contributed by atoms with van der Waals surface area (Å²) < 4.78 is 82.9. The van der Waals surface area contributed by atoms with Crippen LogP contribution in [-0.4, -0.2) is 52.1 Å². The fourth-order valence-corrected chi connectivity index (χ4v) is 5.17. The molecule has 2 aromatic rings. The van der Waals surface area contributed by atoms with Gasteiger partial charge in [0.05, 0.1) is 35.3 Å². The summed E-state index contributed by atoms with van der Waals surface area (Å²) in [6, 6.07) is 10.8. The van der Waals surface area contributed by atoms with Gasteiger partial charge in [0.2, 0.25) is 10.0 Å². The van der Waals surface area contributed by atoms with Gasteiger partial charge in [-0.3, -0.25) is 5.32 Å². The Kier molecular flexibility index (Phi) is 6.50. The third-order valence-corrected chi connectivity index (χ3v) is 6.85. The van der Waals surface area contributed by atoms with E-state index >= 15 is 0 Å². The molecule has 34 heavy (non-hydrogen) atoms. The minimum Gasteiger partial charge on any atom is -0.441 e. The largest absolute Gasteiger partial charge is 0.441 e. The molecule has 2 heterocycles. The van der Waals surface area contributed by atoms with Crippen molar-refractivity contribution in [2.75, 3.05) is 18.5 Å². The molecule has 0 radical (unpaired) electrons. The fraction of sp³-hybridized carbons (Fsp3) is 0.333. The van der Waals surface area contributed by atoms with Crippen molar-refractivity contribution in [1.29, 1.82) is 5.26 Å². The highest BCUT2D eigenvalue weighted by molar-refractivity contribution is 7.89. The second-order valence-corrected chi connectivity index (χ2v) is 9.26. The molecule has 0 spiro atoms. The molecule has 2 aliphatic rings. The Balaban J connectivity index is 1.38. The molecule has 2 aromatic carbocycles. The van der Waals surface area contributed by atoms with Gasteiger partial charge in [0.25, 0.3) is 0 Å². The normalized spacial score (nSPS) is 24.3. The van der Waals surface area contributed by atoms with Crippen LogP contribution in [0.15, 0.2) is 53.4 Å². The molecule has 1 amide bonds. The first-order chi connectivity index (χ1) is 16.1. The molecule has 0 aliphatic carbocycles. The summed E-state index contributed by atoms with van der Waals surface area (Å²) in [5.74, 6) is 0. The number of hydrogen-bond donors (Lipinski definition) is 2. The number of nitrogens with zero attached hydrogens (tertiary/aromatic N) is 1. The topological polar surface area (TPSA) is 127 Å². The van der Waals surface area contributed by atoms with E-state index in [1.54, 1.807) is 6.07 Å². The number of carbonyl (C=O) groups is 1. The molecular weight excluding hydrogens is 479 g/mol. The molecular formula is C21H18F3N3O6S. The molecule has 2 N–H and O–H groups in total. The highest BCUT2D eigenvalue weighted by Crippen LogP contribution is 2.32. The van der Waals surface area contributed by atoms with Crippen molar-refractivity contribution in [2.45, 2.75) is 35.4 Å². The van der Waals surface area contributed by atoms with Crippen LogP contribution in [0.5, 0.6) is 0 Å². The van der Waals surface area contributed by atoms with Gasteiger partial charge in [-0.25, -0.2) is 17.9 Å². The van der Waals surface area contributed by atoms with Gasteiger partial charge in [-0.05, 0) is 30.3 Å². The van der Waals surface area contributed by atoms with E-state index in [-0.39, 0.29) is 29.4 Å². The van der Waals surface area contributed by atoms with Crippen molar-refractivity contribution < 1.29 is 40.6 Å². The summed E-state index contributed by atoms with van der Waals surface area (Å²) in [6.45, 7) is -0.170. The third-order valence-electron chi connectivity index (χ3n) is 5.31. The van der Waals surface area contributed by atoms with Crippen molar-refractivity contribution in [1.82, 2.24) is 4.72 Å². The molecule has 0 saturated carbocycles. The molecule has 0 unspecified atom stereocenters. The Labute approximate surface area is 192 Å². The molecule has 2 saturated heterocycles. The van der Waals surface area contributed by atoms with Crippen molar-refractivity contribution in [3.63, 3.8) is 0 Å². The van der Waals surface area contributed by atoms with E-state index in [9.17, 15) is 31.6 Å². The average Bonchev–Trinajstić information content (AvgIpc) is 3.36. The van der Waals surface area contributed by atoms with E-state index in [0.717, 1.165) is 18.2 Å². The Morgan fingerprint density at radius 2 is 1.82 bits per heavy atom. The van der Waals surface area contributed by atoms with Gasteiger partial charge in [0.1, 0.15) is 18.3 Å². The maximum absolute atomic E-state index is 12.8. The van der Waals surface area contributed by atoms with E-state index in [2.05, 4.69) is 10.0 Å². The lowest BCUT2D eigenvalue weighted by Crippen LogP contribution is -2.44. The number of nitrogens with one attached hydrogen (secondary N) is 2. The second kappa shape index (κ2) is 9.22. The van der Waals surface area contributed by atoms with Crippen LogP contribution >= 0.6 is 0 Å². The first-order valence-electron chi connectivity index (χ1n) is 9.98. The summed E-state index contributed by atoms with van der Waals surface area (Å²) >= 11 is 0. The molecule has 13 heteroatoms. The van der Waals surface area contributed by atoms with Crippen molar-refractivity contribution >= 4 is 21.8 Å².